The van der Waals surface area contributed by atoms with Gasteiger partial charge < -0.3 is 15.0 Å². The van der Waals surface area contributed by atoms with Crippen molar-refractivity contribution in [1.29, 1.82) is 0 Å². The second-order valence-corrected chi connectivity index (χ2v) is 7.36. The molecule has 0 aliphatic carbocycles. The molecule has 0 bridgehead atoms. The lowest BCUT2D eigenvalue weighted by atomic mass is 10.1. The standard InChI is InChI=1S/C19H17ClFN7S/c1-2-8-29-28-13-6-5-12(21)16(14(13)20)27-18-11(4-3-7-22-18)15-17-19(25-9-23-15)26-10-24-17/h3-7,9-10,28H,2,8H2,1H3,(H,22,27)(H,23,24,25,26). The number of halogens is 2. The fourth-order valence-electron chi connectivity index (χ4n) is 2.76. The molecule has 0 amide bonds. The van der Waals surface area contributed by atoms with Crippen molar-refractivity contribution in [1.82, 2.24) is 24.9 Å². The normalized spacial score (nSPS) is 11.0. The van der Waals surface area contributed by atoms with E-state index in [0.29, 0.717) is 33.9 Å². The van der Waals surface area contributed by atoms with E-state index in [9.17, 15) is 4.39 Å². The van der Waals surface area contributed by atoms with Crippen LogP contribution in [0.5, 0.6) is 0 Å². The van der Waals surface area contributed by atoms with Gasteiger partial charge in [0.25, 0.3) is 0 Å². The van der Waals surface area contributed by atoms with E-state index in [1.807, 2.05) is 6.07 Å². The quantitative estimate of drug-likeness (QED) is 0.267. The number of hydrogen-bond acceptors (Lipinski definition) is 7. The van der Waals surface area contributed by atoms with Gasteiger partial charge in [-0.25, -0.2) is 24.3 Å². The van der Waals surface area contributed by atoms with E-state index < -0.39 is 5.82 Å². The molecule has 0 fully saturated rings. The van der Waals surface area contributed by atoms with Crippen molar-refractivity contribution in [2.24, 2.45) is 0 Å². The van der Waals surface area contributed by atoms with Gasteiger partial charge in [-0.05, 0) is 30.7 Å². The Morgan fingerprint density at radius 2 is 2.07 bits per heavy atom. The molecule has 10 heteroatoms. The third kappa shape index (κ3) is 3.96. The van der Waals surface area contributed by atoms with Crippen molar-refractivity contribution >= 4 is 51.9 Å². The van der Waals surface area contributed by atoms with Gasteiger partial charge in [0.2, 0.25) is 0 Å². The first-order valence-electron chi connectivity index (χ1n) is 8.91. The molecule has 0 unspecified atom stereocenters. The number of fused-ring (bicyclic) bond motifs is 1. The highest BCUT2D eigenvalue weighted by atomic mass is 35.5. The molecule has 4 rings (SSSR count). The number of benzene rings is 1. The maximum absolute atomic E-state index is 14.6. The van der Waals surface area contributed by atoms with Gasteiger partial charge in [-0.3, -0.25) is 0 Å². The number of aromatic amines is 1. The molecule has 148 valence electrons. The zero-order chi connectivity index (χ0) is 20.2. The number of nitrogens with one attached hydrogen (secondary N) is 3. The Labute approximate surface area is 175 Å². The van der Waals surface area contributed by atoms with E-state index >= 15 is 0 Å². The number of hydrogen-bond donors (Lipinski definition) is 3. The van der Waals surface area contributed by atoms with Crippen molar-refractivity contribution < 1.29 is 4.39 Å². The Hall–Kier alpha value is -2.91. The van der Waals surface area contributed by atoms with E-state index in [0.717, 1.165) is 12.2 Å². The van der Waals surface area contributed by atoms with Crippen LogP contribution in [0.15, 0.2) is 43.1 Å². The molecular weight excluding hydrogens is 413 g/mol. The first-order chi connectivity index (χ1) is 14.2. The smallest absolute Gasteiger partial charge is 0.181 e. The van der Waals surface area contributed by atoms with Crippen LogP contribution in [0.4, 0.5) is 21.6 Å². The van der Waals surface area contributed by atoms with Crippen molar-refractivity contribution in [3.05, 3.63) is 54.0 Å². The van der Waals surface area contributed by atoms with Gasteiger partial charge in [0.1, 0.15) is 29.2 Å². The zero-order valence-electron chi connectivity index (χ0n) is 15.4. The molecule has 29 heavy (non-hydrogen) atoms. The molecule has 0 spiro atoms. The van der Waals surface area contributed by atoms with E-state index in [1.54, 1.807) is 24.7 Å². The molecule has 4 aromatic rings. The molecule has 3 aromatic heterocycles. The lowest BCUT2D eigenvalue weighted by Gasteiger charge is -2.15. The van der Waals surface area contributed by atoms with Gasteiger partial charge in [-0.2, -0.15) is 0 Å². The molecule has 0 aliphatic heterocycles. The molecule has 0 aliphatic rings. The highest BCUT2D eigenvalue weighted by Gasteiger charge is 2.17. The van der Waals surface area contributed by atoms with Gasteiger partial charge in [0.15, 0.2) is 5.65 Å². The zero-order valence-corrected chi connectivity index (χ0v) is 17.0. The van der Waals surface area contributed by atoms with Gasteiger partial charge in [-0.15, -0.1) is 0 Å². The maximum atomic E-state index is 14.6. The number of imidazole rings is 1. The Balaban J connectivity index is 1.73. The summed E-state index contributed by atoms with van der Waals surface area (Å²) >= 11 is 7.99. The van der Waals surface area contributed by atoms with Crippen LogP contribution in [0.1, 0.15) is 13.3 Å². The molecule has 3 N–H and O–H groups in total. The number of aromatic nitrogens is 5. The van der Waals surface area contributed by atoms with Crippen LogP contribution in [0.3, 0.4) is 0 Å². The van der Waals surface area contributed by atoms with Crippen molar-refractivity contribution in [3.63, 3.8) is 0 Å². The predicted molar refractivity (Wildman–Crippen MR) is 116 cm³/mol. The summed E-state index contributed by atoms with van der Waals surface area (Å²) in [6.07, 6.45) is 5.60. The second kappa shape index (κ2) is 8.62. The highest BCUT2D eigenvalue weighted by Crippen LogP contribution is 2.38. The average Bonchev–Trinajstić information content (AvgIpc) is 3.22. The molecule has 3 heterocycles. The third-order valence-corrected chi connectivity index (χ3v) is 5.48. The topological polar surface area (TPSA) is 91.4 Å². The summed E-state index contributed by atoms with van der Waals surface area (Å²) in [7, 11) is 0. The van der Waals surface area contributed by atoms with Crippen molar-refractivity contribution in [2.75, 3.05) is 15.8 Å². The minimum atomic E-state index is -0.480. The summed E-state index contributed by atoms with van der Waals surface area (Å²) in [6, 6.07) is 6.60. The molecule has 1 aromatic carbocycles. The van der Waals surface area contributed by atoms with Crippen LogP contribution in [-0.2, 0) is 0 Å². The summed E-state index contributed by atoms with van der Waals surface area (Å²) in [6.45, 7) is 2.08. The van der Waals surface area contributed by atoms with Crippen molar-refractivity contribution in [3.8, 4) is 11.3 Å². The first kappa shape index (κ1) is 19.4. The third-order valence-electron chi connectivity index (χ3n) is 4.11. The largest absolute Gasteiger partial charge is 0.341 e. The van der Waals surface area contributed by atoms with Gasteiger partial charge in [0, 0.05) is 17.5 Å². The number of nitrogens with zero attached hydrogens (tertiary/aromatic N) is 4. The lowest BCUT2D eigenvalue weighted by molar-refractivity contribution is 0.632. The van der Waals surface area contributed by atoms with Crippen LogP contribution in [-0.4, -0.2) is 30.7 Å². The van der Waals surface area contributed by atoms with E-state index in [2.05, 4.69) is 41.9 Å². The molecule has 0 saturated heterocycles. The summed E-state index contributed by atoms with van der Waals surface area (Å²) in [5.74, 6) is 0.850. The van der Waals surface area contributed by atoms with Crippen LogP contribution in [0.25, 0.3) is 22.4 Å². The average molecular weight is 430 g/mol. The summed E-state index contributed by atoms with van der Waals surface area (Å²) < 4.78 is 17.7. The molecule has 0 atom stereocenters. The Bertz CT molecular complexity index is 1150. The van der Waals surface area contributed by atoms with E-state index in [4.69, 9.17) is 11.6 Å². The van der Waals surface area contributed by atoms with Gasteiger partial charge in [-0.1, -0.05) is 30.5 Å². The highest BCUT2D eigenvalue weighted by molar-refractivity contribution is 8.00. The fraction of sp³-hybridized carbons (Fsp3) is 0.158. The van der Waals surface area contributed by atoms with Gasteiger partial charge >= 0.3 is 0 Å². The Morgan fingerprint density at radius 1 is 1.17 bits per heavy atom. The van der Waals surface area contributed by atoms with Crippen LogP contribution in [0, 0.1) is 5.82 Å². The summed E-state index contributed by atoms with van der Waals surface area (Å²) in [5.41, 5.74) is 3.24. The lowest BCUT2D eigenvalue weighted by Crippen LogP contribution is -2.02. The molecular formula is C19H17ClFN7S. The number of anilines is 3. The monoisotopic (exact) mass is 429 g/mol. The first-order valence-corrected chi connectivity index (χ1v) is 10.3. The number of rotatable bonds is 7. The maximum Gasteiger partial charge on any atom is 0.181 e. The number of H-pyrrole nitrogens is 1. The fourth-order valence-corrected chi connectivity index (χ4v) is 3.70. The summed E-state index contributed by atoms with van der Waals surface area (Å²) in [4.78, 5) is 20.1. The molecule has 0 saturated carbocycles. The van der Waals surface area contributed by atoms with Crippen molar-refractivity contribution in [2.45, 2.75) is 13.3 Å². The minimum absolute atomic E-state index is 0.142. The van der Waals surface area contributed by atoms with Crippen LogP contribution >= 0.6 is 23.5 Å². The predicted octanol–water partition coefficient (Wildman–Crippen LogP) is 5.42. The van der Waals surface area contributed by atoms with Crippen LogP contribution in [0.2, 0.25) is 5.02 Å². The van der Waals surface area contributed by atoms with Crippen LogP contribution < -0.4 is 10.0 Å². The molecule has 0 radical (unpaired) electrons. The Kier molecular flexibility index (Phi) is 5.77. The van der Waals surface area contributed by atoms with E-state index in [-0.39, 0.29) is 10.7 Å². The SMILES string of the molecule is CCCSNc1ccc(F)c(Nc2ncccc2-c2ncnc3nc[nH]c23)c1Cl. The minimum Gasteiger partial charge on any atom is -0.341 e. The Morgan fingerprint density at radius 3 is 2.93 bits per heavy atom. The second-order valence-electron chi connectivity index (χ2n) is 6.08. The number of pyridine rings is 1. The molecule has 7 nitrogen and oxygen atoms in total. The summed E-state index contributed by atoms with van der Waals surface area (Å²) in [5, 5.41) is 3.28. The van der Waals surface area contributed by atoms with E-state index in [1.165, 1.54) is 24.3 Å². The van der Waals surface area contributed by atoms with Gasteiger partial charge in [0.05, 0.1) is 22.7 Å².